The van der Waals surface area contributed by atoms with Gasteiger partial charge >= 0.3 is 0 Å². The van der Waals surface area contributed by atoms with E-state index >= 15 is 0 Å². The van der Waals surface area contributed by atoms with Gasteiger partial charge in [-0.3, -0.25) is 0 Å². The van der Waals surface area contributed by atoms with Crippen molar-refractivity contribution in [3.63, 3.8) is 0 Å². The van der Waals surface area contributed by atoms with Gasteiger partial charge in [-0.25, -0.2) is 9.13 Å². The fraction of sp³-hybridized carbons (Fsp3) is 0.282. The summed E-state index contributed by atoms with van der Waals surface area (Å²) >= 11 is 6.04. The van der Waals surface area contributed by atoms with Crippen molar-refractivity contribution in [1.82, 2.24) is 0 Å². The van der Waals surface area contributed by atoms with Gasteiger partial charge in [0.1, 0.15) is 0 Å². The van der Waals surface area contributed by atoms with Crippen LogP contribution in [0.5, 0.6) is 0 Å². The largest absolute Gasteiger partial charge is 1.00 e. The van der Waals surface area contributed by atoms with Gasteiger partial charge in [0.05, 0.1) is 5.69 Å². The Morgan fingerprint density at radius 3 is 1.46 bits per heavy atom. The summed E-state index contributed by atoms with van der Waals surface area (Å²) in [7, 11) is 2.08. The first-order valence-corrected chi connectivity index (χ1v) is 16.3. The zero-order chi connectivity index (χ0) is 30.1. The molecule has 240 valence electrons. The van der Waals surface area contributed by atoms with Gasteiger partial charge in [0.25, 0.3) is 0 Å². The maximum Gasteiger partial charge on any atom is 0.173 e. The quantitative estimate of drug-likeness (QED) is 0.143. The van der Waals surface area contributed by atoms with E-state index in [9.17, 15) is 0 Å². The molecular weight excluding hydrogens is 720 g/mol. The molecule has 0 radical (unpaired) electrons. The molecule has 0 spiro atoms. The molecule has 4 nitrogen and oxygen atoms in total. The monoisotopic (exact) mass is 760 g/mol. The normalized spacial score (nSPS) is 12.3. The van der Waals surface area contributed by atoms with E-state index in [-0.39, 0.29) is 34.0 Å². The minimum Gasteiger partial charge on any atom is -1.00 e. The van der Waals surface area contributed by atoms with Crippen molar-refractivity contribution in [3.05, 3.63) is 149 Å². The highest BCUT2D eigenvalue weighted by atomic mass is 79.9. The second-order valence-electron chi connectivity index (χ2n) is 12.0. The van der Waals surface area contributed by atoms with E-state index in [1.165, 1.54) is 66.7 Å². The summed E-state index contributed by atoms with van der Waals surface area (Å²) in [5.41, 5.74) is 9.13. The molecule has 3 aromatic carbocycles. The lowest BCUT2D eigenvalue weighted by atomic mass is 10.0. The number of halogens is 3. The van der Waals surface area contributed by atoms with E-state index in [2.05, 4.69) is 124 Å². The van der Waals surface area contributed by atoms with Gasteiger partial charge in [-0.2, -0.15) is 0 Å². The number of hydrogen-bond donors (Lipinski definition) is 0. The third-order valence-electron chi connectivity index (χ3n) is 8.78. The van der Waals surface area contributed by atoms with Crippen molar-refractivity contribution in [2.24, 2.45) is 0 Å². The molecule has 0 atom stereocenters. The first kappa shape index (κ1) is 35.7. The minimum absolute atomic E-state index is 0. The van der Waals surface area contributed by atoms with Crippen LogP contribution in [0.25, 0.3) is 0 Å². The lowest BCUT2D eigenvalue weighted by Gasteiger charge is -2.18. The fourth-order valence-electron chi connectivity index (χ4n) is 6.04. The predicted molar refractivity (Wildman–Crippen MR) is 182 cm³/mol. The second kappa shape index (κ2) is 17.7. The Morgan fingerprint density at radius 2 is 0.978 bits per heavy atom. The van der Waals surface area contributed by atoms with Crippen LogP contribution in [-0.4, -0.2) is 20.1 Å². The molecule has 2 aromatic heterocycles. The van der Waals surface area contributed by atoms with Gasteiger partial charge in [0, 0.05) is 71.9 Å². The molecule has 0 N–H and O–H groups in total. The second-order valence-corrected chi connectivity index (χ2v) is 12.5. The molecule has 1 aliphatic rings. The van der Waals surface area contributed by atoms with E-state index in [1.54, 1.807) is 0 Å². The Morgan fingerprint density at radius 1 is 0.565 bits per heavy atom. The minimum atomic E-state index is 0. The first-order chi connectivity index (χ1) is 21.6. The van der Waals surface area contributed by atoms with Crippen LogP contribution in [0.15, 0.2) is 122 Å². The summed E-state index contributed by atoms with van der Waals surface area (Å²) in [6.45, 7) is 4.17. The first-order valence-electron chi connectivity index (χ1n) is 16.0. The van der Waals surface area contributed by atoms with Gasteiger partial charge in [-0.1, -0.05) is 60.1 Å². The molecule has 3 heterocycles. The molecule has 0 saturated carbocycles. The topological polar surface area (TPSA) is 14.2 Å². The van der Waals surface area contributed by atoms with Gasteiger partial charge in [0.2, 0.25) is 0 Å². The Kier molecular flexibility index (Phi) is 13.7. The summed E-state index contributed by atoms with van der Waals surface area (Å²) in [5, 5.41) is 0.755. The number of aryl methyl sites for hydroxylation is 2. The van der Waals surface area contributed by atoms with E-state index in [4.69, 9.17) is 11.6 Å². The maximum absolute atomic E-state index is 6.04. The van der Waals surface area contributed by atoms with Crippen LogP contribution >= 0.6 is 11.6 Å². The standard InChI is InChI=1S/C39H43ClN4.2BrH/c1-41(37-18-16-36(40)17-19-37)38-20-26-42(27-21-38)30-34-12-8-32(9-13-34)6-2-3-7-33-10-14-35(15-11-33)31-43-28-22-39(23-29-43)44-24-4-5-25-44;;/h8-23,26-29H,2-7,24-25,30-31H2,1H3;2*1H/q+2;;/p-2. The van der Waals surface area contributed by atoms with E-state index in [0.29, 0.717) is 0 Å². The van der Waals surface area contributed by atoms with Crippen molar-refractivity contribution in [3.8, 4) is 0 Å². The van der Waals surface area contributed by atoms with E-state index in [1.807, 2.05) is 24.3 Å². The zero-order valence-electron chi connectivity index (χ0n) is 26.5. The van der Waals surface area contributed by atoms with E-state index in [0.717, 1.165) is 42.3 Å². The lowest BCUT2D eigenvalue weighted by molar-refractivity contribution is -0.688. The fourth-order valence-corrected chi connectivity index (χ4v) is 6.16. The third kappa shape index (κ3) is 9.90. The average Bonchev–Trinajstić information content (AvgIpc) is 3.61. The maximum atomic E-state index is 6.04. The van der Waals surface area contributed by atoms with Gasteiger partial charge in [0.15, 0.2) is 37.9 Å². The number of benzene rings is 3. The van der Waals surface area contributed by atoms with Crippen LogP contribution in [0, 0.1) is 0 Å². The molecule has 46 heavy (non-hydrogen) atoms. The molecule has 0 unspecified atom stereocenters. The Hall–Kier alpha value is -3.19. The van der Waals surface area contributed by atoms with E-state index < -0.39 is 0 Å². The predicted octanol–water partition coefficient (Wildman–Crippen LogP) is 1.95. The lowest BCUT2D eigenvalue weighted by Crippen LogP contribution is -3.00. The molecule has 5 aromatic rings. The average molecular weight is 763 g/mol. The van der Waals surface area contributed by atoms with Crippen LogP contribution in [-0.2, 0) is 25.9 Å². The van der Waals surface area contributed by atoms with Crippen LogP contribution in [0.4, 0.5) is 17.1 Å². The number of aromatic nitrogens is 2. The summed E-state index contributed by atoms with van der Waals surface area (Å²) < 4.78 is 4.50. The number of pyridine rings is 2. The Bertz CT molecular complexity index is 1600. The van der Waals surface area contributed by atoms with Crippen molar-refractivity contribution < 1.29 is 43.1 Å². The number of rotatable bonds is 12. The molecule has 0 amide bonds. The zero-order valence-corrected chi connectivity index (χ0v) is 30.5. The number of hydrogen-bond acceptors (Lipinski definition) is 2. The van der Waals surface area contributed by atoms with Crippen LogP contribution in [0.2, 0.25) is 5.02 Å². The number of anilines is 3. The van der Waals surface area contributed by atoms with Crippen LogP contribution in [0.1, 0.15) is 47.9 Å². The summed E-state index contributed by atoms with van der Waals surface area (Å²) in [6, 6.07) is 35.1. The van der Waals surface area contributed by atoms with Crippen molar-refractivity contribution >= 4 is 28.7 Å². The summed E-state index contributed by atoms with van der Waals surface area (Å²) in [5.74, 6) is 0. The number of nitrogens with zero attached hydrogens (tertiary/aromatic N) is 4. The third-order valence-corrected chi connectivity index (χ3v) is 9.03. The highest BCUT2D eigenvalue weighted by Crippen LogP contribution is 2.24. The van der Waals surface area contributed by atoms with Gasteiger partial charge < -0.3 is 43.8 Å². The molecule has 1 fully saturated rings. The summed E-state index contributed by atoms with van der Waals surface area (Å²) in [6.07, 6.45) is 16.0. The molecule has 1 saturated heterocycles. The van der Waals surface area contributed by atoms with Gasteiger partial charge in [-0.05, 0) is 73.9 Å². The Balaban J connectivity index is 0.00000240. The highest BCUT2D eigenvalue weighted by Gasteiger charge is 2.14. The molecule has 7 heteroatoms. The highest BCUT2D eigenvalue weighted by molar-refractivity contribution is 6.30. The SMILES string of the molecule is CN(c1ccc(Cl)cc1)c1cc[n+](Cc2ccc(CCCCc3ccc(C[n+]4ccc(N5CCCC5)cc4)cc3)cc2)cc1.[Br-].[Br-]. The van der Waals surface area contributed by atoms with Crippen molar-refractivity contribution in [2.75, 3.05) is 29.9 Å². The molecule has 0 aliphatic carbocycles. The van der Waals surface area contributed by atoms with Crippen LogP contribution < -0.4 is 52.9 Å². The van der Waals surface area contributed by atoms with Crippen LogP contribution in [0.3, 0.4) is 0 Å². The molecule has 6 rings (SSSR count). The molecular formula is C39H43Br2ClN4. The van der Waals surface area contributed by atoms with Crippen molar-refractivity contribution in [1.29, 1.82) is 0 Å². The Labute approximate surface area is 300 Å². The van der Waals surface area contributed by atoms with Crippen molar-refractivity contribution in [2.45, 2.75) is 51.6 Å². The number of unbranched alkanes of at least 4 members (excludes halogenated alkanes) is 1. The molecule has 1 aliphatic heterocycles. The smallest absolute Gasteiger partial charge is 0.173 e. The molecule has 0 bridgehead atoms. The summed E-state index contributed by atoms with van der Waals surface area (Å²) in [4.78, 5) is 4.65. The van der Waals surface area contributed by atoms with Gasteiger partial charge in [-0.15, -0.1) is 0 Å².